The SMILES string of the molecule is CC(C)CNCc1ccc(N(C)Cc2ccncc2)cc1. The second-order valence-corrected chi connectivity index (χ2v) is 5.90. The average Bonchev–Trinajstić information content (AvgIpc) is 2.48. The number of hydrogen-bond donors (Lipinski definition) is 1. The van der Waals surface area contributed by atoms with E-state index in [1.54, 1.807) is 0 Å². The third kappa shape index (κ3) is 5.20. The zero-order valence-electron chi connectivity index (χ0n) is 13.2. The van der Waals surface area contributed by atoms with E-state index in [1.165, 1.54) is 16.8 Å². The smallest absolute Gasteiger partial charge is 0.0427 e. The lowest BCUT2D eigenvalue weighted by Gasteiger charge is -2.19. The number of benzene rings is 1. The Labute approximate surface area is 128 Å². The molecule has 2 rings (SSSR count). The molecule has 112 valence electrons. The number of anilines is 1. The van der Waals surface area contributed by atoms with E-state index in [2.05, 4.69) is 72.5 Å². The molecular formula is C18H25N3. The standard InChI is InChI=1S/C18H25N3/c1-15(2)12-20-13-16-4-6-18(7-5-16)21(3)14-17-8-10-19-11-9-17/h4-11,15,20H,12-14H2,1-3H3. The highest BCUT2D eigenvalue weighted by Crippen LogP contribution is 2.16. The maximum atomic E-state index is 4.05. The normalized spacial score (nSPS) is 10.9. The molecule has 0 atom stereocenters. The molecule has 1 aromatic heterocycles. The van der Waals surface area contributed by atoms with Crippen LogP contribution in [0, 0.1) is 5.92 Å². The molecule has 0 aliphatic carbocycles. The number of rotatable bonds is 7. The summed E-state index contributed by atoms with van der Waals surface area (Å²) >= 11 is 0. The minimum absolute atomic E-state index is 0.691. The Morgan fingerprint density at radius 2 is 1.67 bits per heavy atom. The van der Waals surface area contributed by atoms with E-state index in [0.717, 1.165) is 19.6 Å². The summed E-state index contributed by atoms with van der Waals surface area (Å²) < 4.78 is 0. The molecule has 0 aliphatic rings. The van der Waals surface area contributed by atoms with Crippen molar-refractivity contribution >= 4 is 5.69 Å². The molecule has 0 radical (unpaired) electrons. The van der Waals surface area contributed by atoms with Gasteiger partial charge in [-0.1, -0.05) is 26.0 Å². The van der Waals surface area contributed by atoms with Crippen molar-refractivity contribution in [3.05, 3.63) is 59.9 Å². The summed E-state index contributed by atoms with van der Waals surface area (Å²) in [6.45, 7) is 7.35. The van der Waals surface area contributed by atoms with Gasteiger partial charge in [0, 0.05) is 38.2 Å². The van der Waals surface area contributed by atoms with Crippen LogP contribution in [0.2, 0.25) is 0 Å². The molecule has 1 aromatic carbocycles. The highest BCUT2D eigenvalue weighted by atomic mass is 15.1. The molecule has 3 nitrogen and oxygen atoms in total. The van der Waals surface area contributed by atoms with Crippen LogP contribution < -0.4 is 10.2 Å². The topological polar surface area (TPSA) is 28.2 Å². The summed E-state index contributed by atoms with van der Waals surface area (Å²) in [4.78, 5) is 6.30. The van der Waals surface area contributed by atoms with Crippen molar-refractivity contribution in [2.75, 3.05) is 18.5 Å². The van der Waals surface area contributed by atoms with Crippen LogP contribution in [0.25, 0.3) is 0 Å². The van der Waals surface area contributed by atoms with Crippen LogP contribution in [0.5, 0.6) is 0 Å². The Morgan fingerprint density at radius 1 is 1.00 bits per heavy atom. The number of nitrogens with one attached hydrogen (secondary N) is 1. The van der Waals surface area contributed by atoms with E-state index >= 15 is 0 Å². The highest BCUT2D eigenvalue weighted by molar-refractivity contribution is 5.47. The Hall–Kier alpha value is -1.87. The molecule has 0 spiro atoms. The molecule has 21 heavy (non-hydrogen) atoms. The predicted molar refractivity (Wildman–Crippen MR) is 89.3 cm³/mol. The second kappa shape index (κ2) is 7.79. The maximum Gasteiger partial charge on any atom is 0.0427 e. The molecule has 0 saturated carbocycles. The maximum absolute atomic E-state index is 4.05. The van der Waals surface area contributed by atoms with Crippen molar-refractivity contribution in [1.82, 2.24) is 10.3 Å². The van der Waals surface area contributed by atoms with Gasteiger partial charge in [-0.25, -0.2) is 0 Å². The van der Waals surface area contributed by atoms with Gasteiger partial charge in [0.25, 0.3) is 0 Å². The number of hydrogen-bond acceptors (Lipinski definition) is 3. The molecule has 0 unspecified atom stereocenters. The summed E-state index contributed by atoms with van der Waals surface area (Å²) in [5, 5.41) is 3.47. The highest BCUT2D eigenvalue weighted by Gasteiger charge is 2.02. The first kappa shape index (κ1) is 15.5. The fraction of sp³-hybridized carbons (Fsp3) is 0.389. The third-order valence-electron chi connectivity index (χ3n) is 3.43. The molecule has 2 aromatic rings. The molecule has 0 amide bonds. The monoisotopic (exact) mass is 283 g/mol. The van der Waals surface area contributed by atoms with E-state index < -0.39 is 0 Å². The van der Waals surface area contributed by atoms with Gasteiger partial charge >= 0.3 is 0 Å². The van der Waals surface area contributed by atoms with Gasteiger partial charge in [0.05, 0.1) is 0 Å². The molecule has 1 N–H and O–H groups in total. The quantitative estimate of drug-likeness (QED) is 0.843. The van der Waals surface area contributed by atoms with Gasteiger partial charge < -0.3 is 10.2 Å². The van der Waals surface area contributed by atoms with Crippen molar-refractivity contribution in [2.24, 2.45) is 5.92 Å². The minimum Gasteiger partial charge on any atom is -0.370 e. The van der Waals surface area contributed by atoms with E-state index in [0.29, 0.717) is 5.92 Å². The van der Waals surface area contributed by atoms with Gasteiger partial charge in [-0.2, -0.15) is 0 Å². The van der Waals surface area contributed by atoms with Gasteiger partial charge in [0.1, 0.15) is 0 Å². The van der Waals surface area contributed by atoms with E-state index in [1.807, 2.05) is 12.4 Å². The zero-order valence-corrected chi connectivity index (χ0v) is 13.2. The zero-order chi connectivity index (χ0) is 15.1. The van der Waals surface area contributed by atoms with Crippen LogP contribution in [-0.2, 0) is 13.1 Å². The number of aromatic nitrogens is 1. The van der Waals surface area contributed by atoms with Gasteiger partial charge in [-0.05, 0) is 47.9 Å². The predicted octanol–water partition coefficient (Wildman–Crippen LogP) is 3.46. The third-order valence-corrected chi connectivity index (χ3v) is 3.43. The molecule has 0 fully saturated rings. The van der Waals surface area contributed by atoms with Crippen LogP contribution in [-0.4, -0.2) is 18.6 Å². The van der Waals surface area contributed by atoms with Crippen molar-refractivity contribution in [3.8, 4) is 0 Å². The van der Waals surface area contributed by atoms with Crippen molar-refractivity contribution in [3.63, 3.8) is 0 Å². The first-order valence-corrected chi connectivity index (χ1v) is 7.55. The average molecular weight is 283 g/mol. The first-order chi connectivity index (χ1) is 10.1. The van der Waals surface area contributed by atoms with Crippen molar-refractivity contribution in [2.45, 2.75) is 26.9 Å². The summed E-state index contributed by atoms with van der Waals surface area (Å²) in [5.41, 5.74) is 3.84. The Morgan fingerprint density at radius 3 is 2.29 bits per heavy atom. The summed E-state index contributed by atoms with van der Waals surface area (Å²) in [5.74, 6) is 0.691. The summed E-state index contributed by atoms with van der Waals surface area (Å²) in [6, 6.07) is 12.9. The Kier molecular flexibility index (Phi) is 5.76. The second-order valence-electron chi connectivity index (χ2n) is 5.90. The molecule has 0 bridgehead atoms. The molecule has 3 heteroatoms. The molecule has 0 aliphatic heterocycles. The van der Waals surface area contributed by atoms with Crippen molar-refractivity contribution in [1.29, 1.82) is 0 Å². The van der Waals surface area contributed by atoms with E-state index in [-0.39, 0.29) is 0 Å². The van der Waals surface area contributed by atoms with Crippen LogP contribution >= 0.6 is 0 Å². The lowest BCUT2D eigenvalue weighted by atomic mass is 10.1. The molecule has 0 saturated heterocycles. The van der Waals surface area contributed by atoms with E-state index in [4.69, 9.17) is 0 Å². The molecule has 1 heterocycles. The van der Waals surface area contributed by atoms with Crippen LogP contribution in [0.4, 0.5) is 5.69 Å². The van der Waals surface area contributed by atoms with Crippen molar-refractivity contribution < 1.29 is 0 Å². The van der Waals surface area contributed by atoms with Crippen LogP contribution in [0.15, 0.2) is 48.8 Å². The van der Waals surface area contributed by atoms with Gasteiger partial charge in [-0.3, -0.25) is 4.98 Å². The lowest BCUT2D eigenvalue weighted by Crippen LogP contribution is -2.19. The fourth-order valence-electron chi connectivity index (χ4n) is 2.23. The Bertz CT molecular complexity index is 520. The van der Waals surface area contributed by atoms with Crippen LogP contribution in [0.3, 0.4) is 0 Å². The number of nitrogens with zero attached hydrogens (tertiary/aromatic N) is 2. The summed E-state index contributed by atoms with van der Waals surface area (Å²) in [7, 11) is 2.12. The first-order valence-electron chi connectivity index (χ1n) is 7.55. The van der Waals surface area contributed by atoms with Crippen LogP contribution in [0.1, 0.15) is 25.0 Å². The minimum atomic E-state index is 0.691. The van der Waals surface area contributed by atoms with Gasteiger partial charge in [0.2, 0.25) is 0 Å². The molecular weight excluding hydrogens is 258 g/mol. The van der Waals surface area contributed by atoms with Gasteiger partial charge in [0.15, 0.2) is 0 Å². The van der Waals surface area contributed by atoms with E-state index in [9.17, 15) is 0 Å². The largest absolute Gasteiger partial charge is 0.370 e. The lowest BCUT2D eigenvalue weighted by molar-refractivity contribution is 0.552. The number of pyridine rings is 1. The Balaban J connectivity index is 1.89. The fourth-order valence-corrected chi connectivity index (χ4v) is 2.23. The van der Waals surface area contributed by atoms with Gasteiger partial charge in [-0.15, -0.1) is 0 Å². The summed E-state index contributed by atoms with van der Waals surface area (Å²) in [6.07, 6.45) is 3.68.